The highest BCUT2D eigenvalue weighted by molar-refractivity contribution is 5.67. The average molecular weight is 348 g/mol. The Bertz CT molecular complexity index is 450. The molecule has 0 aromatic carbocycles. The summed E-state index contributed by atoms with van der Waals surface area (Å²) >= 11 is 0. The maximum absolute atomic E-state index is 11.3. The van der Waals surface area contributed by atoms with Crippen LogP contribution < -0.4 is 0 Å². The highest BCUT2D eigenvalue weighted by Crippen LogP contribution is 2.27. The molecule has 1 aliphatic heterocycles. The van der Waals surface area contributed by atoms with Crippen LogP contribution in [0.1, 0.15) is 34.1 Å². The number of aliphatic hydroxyl groups excluding tert-OH is 1. The zero-order valence-electron chi connectivity index (χ0n) is 14.2. The lowest BCUT2D eigenvalue weighted by Gasteiger charge is -2.42. The molecule has 1 rings (SSSR count). The maximum atomic E-state index is 11.3. The second-order valence-electron chi connectivity index (χ2n) is 5.35. The third kappa shape index (κ3) is 6.06. The standard InChI is InChI=1S/C15H24O9/c1-5-6-20-15-12(19)14(23-10(4)18)13(22-9(3)17)11(24-15)7-21-8(2)16/h11-15,19H,5-7H2,1-4H3/t11-,12-,13-,14-,15+/m1/s1. The van der Waals surface area contributed by atoms with Crippen molar-refractivity contribution in [1.82, 2.24) is 0 Å². The molecule has 1 N–H and O–H groups in total. The molecule has 1 fully saturated rings. The summed E-state index contributed by atoms with van der Waals surface area (Å²) in [6.07, 6.45) is -5.09. The Morgan fingerprint density at radius 2 is 1.58 bits per heavy atom. The number of ether oxygens (including phenoxy) is 5. The Morgan fingerprint density at radius 3 is 2.08 bits per heavy atom. The van der Waals surface area contributed by atoms with Crippen LogP contribution in [0, 0.1) is 0 Å². The SMILES string of the molecule is CCCO[C@H]1O[C@H](COC(C)=O)[C@@H](OC(C)=O)[C@H](OC(C)=O)[C@H]1O. The highest BCUT2D eigenvalue weighted by atomic mass is 16.7. The lowest BCUT2D eigenvalue weighted by molar-refractivity contribution is -0.305. The van der Waals surface area contributed by atoms with Crippen molar-refractivity contribution in [2.24, 2.45) is 0 Å². The van der Waals surface area contributed by atoms with Crippen molar-refractivity contribution in [2.75, 3.05) is 13.2 Å². The predicted octanol–water partition coefficient (Wildman–Crippen LogP) is -0.0747. The molecule has 24 heavy (non-hydrogen) atoms. The Balaban J connectivity index is 3.01. The van der Waals surface area contributed by atoms with E-state index in [0.29, 0.717) is 13.0 Å². The number of carbonyl (C=O) groups is 3. The minimum atomic E-state index is -1.36. The molecule has 0 radical (unpaired) electrons. The summed E-state index contributed by atoms with van der Waals surface area (Å²) in [5, 5.41) is 10.4. The van der Waals surface area contributed by atoms with Gasteiger partial charge < -0.3 is 28.8 Å². The Labute approximate surface area is 140 Å². The summed E-state index contributed by atoms with van der Waals surface area (Å²) < 4.78 is 26.1. The summed E-state index contributed by atoms with van der Waals surface area (Å²) in [6.45, 7) is 5.47. The van der Waals surface area contributed by atoms with E-state index in [9.17, 15) is 19.5 Å². The van der Waals surface area contributed by atoms with Crippen molar-refractivity contribution in [2.45, 2.75) is 64.8 Å². The number of aliphatic hydroxyl groups is 1. The van der Waals surface area contributed by atoms with Crippen LogP contribution in [0.4, 0.5) is 0 Å². The number of hydrogen-bond donors (Lipinski definition) is 1. The molecule has 138 valence electrons. The van der Waals surface area contributed by atoms with Crippen molar-refractivity contribution in [3.63, 3.8) is 0 Å². The molecule has 9 heteroatoms. The quantitative estimate of drug-likeness (QED) is 0.498. The molecule has 0 aromatic rings. The smallest absolute Gasteiger partial charge is 0.303 e. The van der Waals surface area contributed by atoms with Crippen molar-refractivity contribution >= 4 is 17.9 Å². The molecule has 0 aromatic heterocycles. The molecule has 0 bridgehead atoms. The van der Waals surface area contributed by atoms with E-state index in [2.05, 4.69) is 0 Å². The largest absolute Gasteiger partial charge is 0.463 e. The summed E-state index contributed by atoms with van der Waals surface area (Å²) in [5.74, 6) is -1.88. The van der Waals surface area contributed by atoms with E-state index in [1.54, 1.807) is 0 Å². The van der Waals surface area contributed by atoms with E-state index >= 15 is 0 Å². The van der Waals surface area contributed by atoms with Gasteiger partial charge in [0.2, 0.25) is 0 Å². The van der Waals surface area contributed by atoms with Crippen LogP contribution in [-0.2, 0) is 38.1 Å². The predicted molar refractivity (Wildman–Crippen MR) is 78.7 cm³/mol. The minimum Gasteiger partial charge on any atom is -0.463 e. The zero-order chi connectivity index (χ0) is 18.3. The van der Waals surface area contributed by atoms with E-state index in [1.807, 2.05) is 6.92 Å². The van der Waals surface area contributed by atoms with Gasteiger partial charge in [-0.05, 0) is 6.42 Å². The highest BCUT2D eigenvalue weighted by Gasteiger charge is 2.50. The van der Waals surface area contributed by atoms with Gasteiger partial charge in [0.15, 0.2) is 18.5 Å². The van der Waals surface area contributed by atoms with E-state index < -0.39 is 48.6 Å². The molecule has 0 aliphatic carbocycles. The first-order valence-corrected chi connectivity index (χ1v) is 7.69. The zero-order valence-corrected chi connectivity index (χ0v) is 14.2. The molecular weight excluding hydrogens is 324 g/mol. The van der Waals surface area contributed by atoms with E-state index in [1.165, 1.54) is 13.8 Å². The van der Waals surface area contributed by atoms with Crippen molar-refractivity contribution in [3.05, 3.63) is 0 Å². The Hall–Kier alpha value is -1.71. The lowest BCUT2D eigenvalue weighted by Crippen LogP contribution is -2.61. The van der Waals surface area contributed by atoms with Crippen molar-refractivity contribution in [1.29, 1.82) is 0 Å². The summed E-state index contributed by atoms with van der Waals surface area (Å²) in [4.78, 5) is 33.7. The van der Waals surface area contributed by atoms with Crippen molar-refractivity contribution in [3.8, 4) is 0 Å². The van der Waals surface area contributed by atoms with Crippen molar-refractivity contribution < 1.29 is 43.2 Å². The summed E-state index contributed by atoms with van der Waals surface area (Å²) in [5.41, 5.74) is 0. The second-order valence-corrected chi connectivity index (χ2v) is 5.35. The molecule has 9 nitrogen and oxygen atoms in total. The van der Waals surface area contributed by atoms with Gasteiger partial charge in [-0.3, -0.25) is 14.4 Å². The van der Waals surface area contributed by atoms with Crippen LogP contribution >= 0.6 is 0 Å². The van der Waals surface area contributed by atoms with E-state index in [-0.39, 0.29) is 6.61 Å². The van der Waals surface area contributed by atoms with Gasteiger partial charge in [-0.2, -0.15) is 0 Å². The van der Waals surface area contributed by atoms with Gasteiger partial charge in [0.1, 0.15) is 18.8 Å². The Morgan fingerprint density at radius 1 is 1.00 bits per heavy atom. The first-order chi connectivity index (χ1) is 11.3. The number of carbonyl (C=O) groups excluding carboxylic acids is 3. The van der Waals surface area contributed by atoms with Gasteiger partial charge in [0, 0.05) is 27.4 Å². The van der Waals surface area contributed by atoms with E-state index in [4.69, 9.17) is 23.7 Å². The first kappa shape index (κ1) is 20.3. The fourth-order valence-electron chi connectivity index (χ4n) is 2.26. The molecule has 5 atom stereocenters. The molecule has 1 saturated heterocycles. The van der Waals surface area contributed by atoms with Gasteiger partial charge in [-0.15, -0.1) is 0 Å². The fraction of sp³-hybridized carbons (Fsp3) is 0.800. The lowest BCUT2D eigenvalue weighted by atomic mass is 9.98. The number of rotatable bonds is 7. The number of hydrogen-bond acceptors (Lipinski definition) is 9. The normalized spacial score (nSPS) is 29.6. The van der Waals surface area contributed by atoms with Crippen LogP contribution in [0.2, 0.25) is 0 Å². The van der Waals surface area contributed by atoms with Gasteiger partial charge in [-0.25, -0.2) is 0 Å². The third-order valence-corrected chi connectivity index (χ3v) is 3.16. The third-order valence-electron chi connectivity index (χ3n) is 3.16. The summed E-state index contributed by atoms with van der Waals surface area (Å²) in [6, 6.07) is 0. The maximum Gasteiger partial charge on any atom is 0.303 e. The molecular formula is C15H24O9. The van der Waals surface area contributed by atoms with Crippen LogP contribution in [0.5, 0.6) is 0 Å². The van der Waals surface area contributed by atoms with Crippen LogP contribution in [-0.4, -0.2) is 66.9 Å². The molecule has 1 aliphatic rings. The van der Waals surface area contributed by atoms with Crippen LogP contribution in [0.15, 0.2) is 0 Å². The average Bonchev–Trinajstić information content (AvgIpc) is 2.48. The molecule has 0 spiro atoms. The molecule has 0 amide bonds. The molecule has 1 heterocycles. The van der Waals surface area contributed by atoms with Crippen LogP contribution in [0.25, 0.3) is 0 Å². The van der Waals surface area contributed by atoms with Gasteiger partial charge in [0.25, 0.3) is 0 Å². The molecule has 0 saturated carbocycles. The Kier molecular flexibility index (Phi) is 8.09. The van der Waals surface area contributed by atoms with Gasteiger partial charge >= 0.3 is 17.9 Å². The summed E-state index contributed by atoms with van der Waals surface area (Å²) in [7, 11) is 0. The van der Waals surface area contributed by atoms with Gasteiger partial charge in [0.05, 0.1) is 0 Å². The van der Waals surface area contributed by atoms with Crippen LogP contribution in [0.3, 0.4) is 0 Å². The topological polar surface area (TPSA) is 118 Å². The number of esters is 3. The first-order valence-electron chi connectivity index (χ1n) is 7.69. The molecule has 0 unspecified atom stereocenters. The fourth-order valence-corrected chi connectivity index (χ4v) is 2.26. The minimum absolute atomic E-state index is 0.246. The monoisotopic (exact) mass is 348 g/mol. The second kappa shape index (κ2) is 9.55. The van der Waals surface area contributed by atoms with E-state index in [0.717, 1.165) is 6.92 Å². The van der Waals surface area contributed by atoms with Gasteiger partial charge in [-0.1, -0.05) is 6.92 Å².